The Morgan fingerprint density at radius 1 is 1.19 bits per heavy atom. The first-order valence-electron chi connectivity index (χ1n) is 9.63. The third-order valence-electron chi connectivity index (χ3n) is 4.37. The van der Waals surface area contributed by atoms with Crippen molar-refractivity contribution in [3.05, 3.63) is 36.0 Å². The van der Waals surface area contributed by atoms with E-state index in [2.05, 4.69) is 20.6 Å². The van der Waals surface area contributed by atoms with Crippen molar-refractivity contribution < 1.29 is 22.7 Å². The first kappa shape index (κ1) is 23.2. The van der Waals surface area contributed by atoms with Gasteiger partial charge in [0.2, 0.25) is 16.0 Å². The Hall–Kier alpha value is -3.45. The number of nitrogens with zero attached hydrogens (tertiary/aromatic N) is 3. The van der Waals surface area contributed by atoms with Crippen molar-refractivity contribution >= 4 is 39.5 Å². The number of hydrogen-bond donors (Lipinski definition) is 4. The minimum atomic E-state index is -3.80. The Balaban J connectivity index is 1.69. The zero-order valence-corrected chi connectivity index (χ0v) is 18.6. The molecule has 0 bridgehead atoms. The van der Waals surface area contributed by atoms with E-state index in [4.69, 9.17) is 15.6 Å². The summed E-state index contributed by atoms with van der Waals surface area (Å²) in [7, 11) is -3.80. The van der Waals surface area contributed by atoms with Gasteiger partial charge in [-0.3, -0.25) is 4.79 Å². The summed E-state index contributed by atoms with van der Waals surface area (Å²) in [5.74, 6) is -0.339. The number of primary sulfonamides is 1. The van der Waals surface area contributed by atoms with Crippen LogP contribution in [0.2, 0.25) is 0 Å². The van der Waals surface area contributed by atoms with Crippen LogP contribution in [0.3, 0.4) is 0 Å². The Kier molecular flexibility index (Phi) is 6.23. The van der Waals surface area contributed by atoms with Crippen LogP contribution in [-0.4, -0.2) is 60.0 Å². The first-order chi connectivity index (χ1) is 14.8. The fourth-order valence-electron chi connectivity index (χ4n) is 2.83. The molecule has 3 rings (SSSR count). The van der Waals surface area contributed by atoms with Gasteiger partial charge in [-0.1, -0.05) is 0 Å². The summed E-state index contributed by atoms with van der Waals surface area (Å²) >= 11 is 0. The number of anilines is 3. The molecule has 1 aliphatic rings. The molecule has 1 fully saturated rings. The number of nitrogens with two attached hydrogens (primary N) is 2. The van der Waals surface area contributed by atoms with E-state index in [0.29, 0.717) is 18.8 Å². The Morgan fingerprint density at radius 2 is 1.81 bits per heavy atom. The van der Waals surface area contributed by atoms with Gasteiger partial charge in [0.25, 0.3) is 5.91 Å². The van der Waals surface area contributed by atoms with E-state index in [1.807, 2.05) is 0 Å². The molecular weight excluding hydrogens is 438 g/mol. The maximum Gasteiger partial charge on any atom is 0.410 e. The average molecular weight is 464 g/mol. The van der Waals surface area contributed by atoms with Crippen molar-refractivity contribution in [3.8, 4) is 0 Å². The molecular formula is C19H25N7O5S. The van der Waals surface area contributed by atoms with Gasteiger partial charge in [0.1, 0.15) is 11.4 Å². The van der Waals surface area contributed by atoms with Crippen molar-refractivity contribution in [3.63, 3.8) is 0 Å². The standard InChI is InChI=1S/C19H25N7O5S/c1-19(2,3)31-18(28)26-9-12(10-26)23-16-14(15(20)27)8-22-17(25-16)24-11-4-6-13(7-5-11)32(21,29)30/h4-8,12H,9-10H2,1-3H3,(H2,20,27)(H2,21,29,30)(H2,22,23,24,25). The molecule has 2 amide bonds. The van der Waals surface area contributed by atoms with Gasteiger partial charge in [0.05, 0.1) is 16.5 Å². The van der Waals surface area contributed by atoms with Gasteiger partial charge in [-0.15, -0.1) is 0 Å². The Bertz CT molecular complexity index is 1120. The van der Waals surface area contributed by atoms with Crippen LogP contribution in [0.25, 0.3) is 0 Å². The van der Waals surface area contributed by atoms with Crippen LogP contribution in [0, 0.1) is 0 Å². The fraction of sp³-hybridized carbons (Fsp3) is 0.368. The molecule has 0 atom stereocenters. The van der Waals surface area contributed by atoms with Gasteiger partial charge < -0.3 is 26.0 Å². The summed E-state index contributed by atoms with van der Waals surface area (Å²) in [6.07, 6.45) is 0.863. The smallest absolute Gasteiger partial charge is 0.410 e. The quantitative estimate of drug-likeness (QED) is 0.485. The van der Waals surface area contributed by atoms with E-state index in [9.17, 15) is 18.0 Å². The molecule has 32 heavy (non-hydrogen) atoms. The molecule has 1 aromatic carbocycles. The second-order valence-electron chi connectivity index (χ2n) is 8.24. The lowest BCUT2D eigenvalue weighted by Crippen LogP contribution is -2.58. The van der Waals surface area contributed by atoms with Crippen molar-refractivity contribution in [2.75, 3.05) is 23.7 Å². The zero-order chi connectivity index (χ0) is 23.7. The molecule has 13 heteroatoms. The maximum absolute atomic E-state index is 12.1. The number of benzene rings is 1. The van der Waals surface area contributed by atoms with Gasteiger partial charge in [-0.2, -0.15) is 4.98 Å². The van der Waals surface area contributed by atoms with Crippen LogP contribution >= 0.6 is 0 Å². The van der Waals surface area contributed by atoms with Crippen LogP contribution in [0.15, 0.2) is 35.4 Å². The Morgan fingerprint density at radius 3 is 2.34 bits per heavy atom. The van der Waals surface area contributed by atoms with Crippen LogP contribution in [-0.2, 0) is 14.8 Å². The summed E-state index contributed by atoms with van der Waals surface area (Å²) in [5.41, 5.74) is 5.44. The summed E-state index contributed by atoms with van der Waals surface area (Å²) in [6.45, 7) is 6.11. The molecule has 0 aliphatic carbocycles. The van der Waals surface area contributed by atoms with Crippen LogP contribution in [0.1, 0.15) is 31.1 Å². The number of carbonyl (C=O) groups is 2. The Labute approximate surface area is 185 Å². The molecule has 0 spiro atoms. The average Bonchev–Trinajstić information content (AvgIpc) is 2.62. The number of rotatable bonds is 6. The van der Waals surface area contributed by atoms with E-state index in [0.717, 1.165) is 0 Å². The monoisotopic (exact) mass is 463 g/mol. The highest BCUT2D eigenvalue weighted by Gasteiger charge is 2.34. The third kappa shape index (κ3) is 5.82. The fourth-order valence-corrected chi connectivity index (χ4v) is 3.34. The molecule has 12 nitrogen and oxygen atoms in total. The second kappa shape index (κ2) is 8.59. The molecule has 6 N–H and O–H groups in total. The molecule has 0 saturated carbocycles. The highest BCUT2D eigenvalue weighted by Crippen LogP contribution is 2.22. The molecule has 1 aromatic heterocycles. The first-order valence-corrected chi connectivity index (χ1v) is 11.2. The highest BCUT2D eigenvalue weighted by atomic mass is 32.2. The van der Waals surface area contributed by atoms with Gasteiger partial charge in [0.15, 0.2) is 0 Å². The SMILES string of the molecule is CC(C)(C)OC(=O)N1CC(Nc2nc(Nc3ccc(S(N)(=O)=O)cc3)ncc2C(N)=O)C1. The van der Waals surface area contributed by atoms with Crippen LogP contribution in [0.5, 0.6) is 0 Å². The molecule has 0 radical (unpaired) electrons. The van der Waals surface area contributed by atoms with Gasteiger partial charge >= 0.3 is 6.09 Å². The predicted molar refractivity (Wildman–Crippen MR) is 117 cm³/mol. The number of carbonyl (C=O) groups excluding carboxylic acids is 2. The molecule has 2 heterocycles. The summed E-state index contributed by atoms with van der Waals surface area (Å²) in [5, 5.41) is 11.1. The van der Waals surface area contributed by atoms with Gasteiger partial charge in [-0.05, 0) is 45.0 Å². The van der Waals surface area contributed by atoms with Gasteiger partial charge in [-0.25, -0.2) is 23.3 Å². The van der Waals surface area contributed by atoms with E-state index in [1.165, 1.54) is 35.4 Å². The van der Waals surface area contributed by atoms with Crippen molar-refractivity contribution in [2.24, 2.45) is 10.9 Å². The lowest BCUT2D eigenvalue weighted by Gasteiger charge is -2.40. The minimum Gasteiger partial charge on any atom is -0.444 e. The number of amides is 2. The highest BCUT2D eigenvalue weighted by molar-refractivity contribution is 7.89. The molecule has 1 aliphatic heterocycles. The molecule has 0 unspecified atom stereocenters. The number of aromatic nitrogens is 2. The number of sulfonamides is 1. The van der Waals surface area contributed by atoms with Crippen LogP contribution < -0.4 is 21.5 Å². The van der Waals surface area contributed by atoms with E-state index < -0.39 is 27.6 Å². The number of primary amides is 1. The maximum atomic E-state index is 12.1. The van der Waals surface area contributed by atoms with Crippen molar-refractivity contribution in [2.45, 2.75) is 37.3 Å². The van der Waals surface area contributed by atoms with Crippen molar-refractivity contribution in [1.82, 2.24) is 14.9 Å². The molecule has 1 saturated heterocycles. The van der Waals surface area contributed by atoms with Crippen molar-refractivity contribution in [1.29, 1.82) is 0 Å². The molecule has 172 valence electrons. The lowest BCUT2D eigenvalue weighted by molar-refractivity contribution is 0.0104. The van der Waals surface area contributed by atoms with E-state index in [-0.39, 0.29) is 28.3 Å². The predicted octanol–water partition coefficient (Wildman–Crippen LogP) is 0.998. The van der Waals surface area contributed by atoms with E-state index >= 15 is 0 Å². The number of likely N-dealkylation sites (tertiary alicyclic amines) is 1. The second-order valence-corrected chi connectivity index (χ2v) is 9.80. The minimum absolute atomic E-state index is 0.0325. The largest absolute Gasteiger partial charge is 0.444 e. The zero-order valence-electron chi connectivity index (χ0n) is 17.8. The normalized spacial score (nSPS) is 14.4. The summed E-state index contributed by atoms with van der Waals surface area (Å²) in [6, 6.07) is 5.53. The van der Waals surface area contributed by atoms with Gasteiger partial charge in [0, 0.05) is 25.0 Å². The van der Waals surface area contributed by atoms with Crippen LogP contribution in [0.4, 0.5) is 22.2 Å². The molecule has 2 aromatic rings. The third-order valence-corrected chi connectivity index (χ3v) is 5.30. The topological polar surface area (TPSA) is 183 Å². The lowest BCUT2D eigenvalue weighted by atomic mass is 10.1. The van der Waals surface area contributed by atoms with E-state index in [1.54, 1.807) is 20.8 Å². The number of ether oxygens (including phenoxy) is 1. The number of hydrogen-bond acceptors (Lipinski definition) is 9. The summed E-state index contributed by atoms with van der Waals surface area (Å²) in [4.78, 5) is 33.7. The summed E-state index contributed by atoms with van der Waals surface area (Å²) < 4.78 is 28.1. The number of nitrogens with one attached hydrogen (secondary N) is 2.